The Bertz CT molecular complexity index is 1130. The Morgan fingerprint density at radius 3 is 2.47 bits per heavy atom. The zero-order chi connectivity index (χ0) is 22.3. The van der Waals surface area contributed by atoms with Crippen molar-refractivity contribution < 1.29 is 32.1 Å². The summed E-state index contributed by atoms with van der Waals surface area (Å²) in [5.41, 5.74) is -0.921. The number of rotatable bonds is 8. The van der Waals surface area contributed by atoms with Gasteiger partial charge in [-0.25, -0.2) is 17.6 Å². The van der Waals surface area contributed by atoms with E-state index in [0.717, 1.165) is 30.3 Å². The van der Waals surface area contributed by atoms with Crippen LogP contribution in [0.2, 0.25) is 0 Å². The molecule has 10 nitrogen and oxygen atoms in total. The molecule has 0 aliphatic carbocycles. The molecule has 0 radical (unpaired) electrons. The van der Waals surface area contributed by atoms with Gasteiger partial charge in [0.1, 0.15) is 5.82 Å². The molecule has 156 valence electrons. The Morgan fingerprint density at radius 1 is 1.20 bits per heavy atom. The molecule has 30 heavy (non-hydrogen) atoms. The second-order valence-electron chi connectivity index (χ2n) is 5.60. The number of carbonyl (C=O) groups is 2. The first-order valence-corrected chi connectivity index (χ1v) is 9.56. The third-order valence-electron chi connectivity index (χ3n) is 3.53. The predicted molar refractivity (Wildman–Crippen MR) is 102 cm³/mol. The summed E-state index contributed by atoms with van der Waals surface area (Å²) in [6.45, 7) is -1.00. The minimum absolute atomic E-state index is 0.0415. The molecule has 0 fully saturated rings. The molecule has 2 aromatic rings. The number of nitrogens with one attached hydrogen (secondary N) is 2. The Hall–Kier alpha value is -3.82. The number of non-ortho nitro benzene ring substituents is 1. The first kappa shape index (κ1) is 22.5. The third kappa shape index (κ3) is 5.84. The van der Waals surface area contributed by atoms with E-state index < -0.39 is 50.6 Å². The number of halogens is 1. The molecule has 0 unspecified atom stereocenters. The van der Waals surface area contributed by atoms with Gasteiger partial charge in [0.25, 0.3) is 11.6 Å². The van der Waals surface area contributed by atoms with E-state index in [9.17, 15) is 32.5 Å². The standard InChI is InChI=1S/C18H14FN3O7S/c1-2-9-20-30(27,28)14-6-3-12(4-7-14)18(24)29-11-17(23)21-16-10-13(22(25)26)5-8-15(16)19/h1,3-8,10,20H,9,11H2,(H,21,23). The number of terminal acetylenes is 1. The minimum Gasteiger partial charge on any atom is -0.452 e. The lowest BCUT2D eigenvalue weighted by molar-refractivity contribution is -0.384. The van der Waals surface area contributed by atoms with E-state index in [1.165, 1.54) is 12.1 Å². The van der Waals surface area contributed by atoms with Crippen molar-refractivity contribution >= 4 is 33.3 Å². The highest BCUT2D eigenvalue weighted by atomic mass is 32.2. The molecule has 2 N–H and O–H groups in total. The summed E-state index contributed by atoms with van der Waals surface area (Å²) in [5.74, 6) is -0.656. The fourth-order valence-corrected chi connectivity index (χ4v) is 3.05. The van der Waals surface area contributed by atoms with Crippen LogP contribution < -0.4 is 10.0 Å². The van der Waals surface area contributed by atoms with E-state index in [1.54, 1.807) is 0 Å². The third-order valence-corrected chi connectivity index (χ3v) is 4.95. The van der Waals surface area contributed by atoms with Crippen molar-refractivity contribution in [3.05, 3.63) is 64.0 Å². The Labute approximate surface area is 170 Å². The molecule has 0 aliphatic heterocycles. The number of hydrogen-bond donors (Lipinski definition) is 2. The summed E-state index contributed by atoms with van der Waals surface area (Å²) in [5, 5.41) is 12.8. The molecule has 0 aliphatic rings. The SMILES string of the molecule is C#CCNS(=O)(=O)c1ccc(C(=O)OCC(=O)Nc2cc([N+](=O)[O-])ccc2F)cc1. The zero-order valence-corrected chi connectivity index (χ0v) is 15.9. The van der Waals surface area contributed by atoms with Crippen LogP contribution in [-0.4, -0.2) is 38.4 Å². The molecule has 0 atom stereocenters. The monoisotopic (exact) mass is 435 g/mol. The van der Waals surface area contributed by atoms with Crippen molar-refractivity contribution in [1.29, 1.82) is 0 Å². The van der Waals surface area contributed by atoms with Gasteiger partial charge in [0, 0.05) is 12.1 Å². The van der Waals surface area contributed by atoms with E-state index in [0.29, 0.717) is 0 Å². The summed E-state index contributed by atoms with van der Waals surface area (Å²) in [4.78, 5) is 33.6. The van der Waals surface area contributed by atoms with Gasteiger partial charge in [-0.1, -0.05) is 5.92 Å². The van der Waals surface area contributed by atoms with Gasteiger partial charge in [-0.05, 0) is 30.3 Å². The number of sulfonamides is 1. The maximum Gasteiger partial charge on any atom is 0.338 e. The molecule has 0 saturated heterocycles. The number of hydrogen-bond acceptors (Lipinski definition) is 7. The number of carbonyl (C=O) groups excluding carboxylic acids is 2. The maximum atomic E-state index is 13.7. The zero-order valence-electron chi connectivity index (χ0n) is 15.1. The van der Waals surface area contributed by atoms with Crippen molar-refractivity contribution in [1.82, 2.24) is 4.72 Å². The Kier molecular flexibility index (Phi) is 7.18. The van der Waals surface area contributed by atoms with E-state index in [4.69, 9.17) is 11.2 Å². The van der Waals surface area contributed by atoms with Gasteiger partial charge in [0.15, 0.2) is 6.61 Å². The minimum atomic E-state index is -3.83. The molecule has 2 rings (SSSR count). The summed E-state index contributed by atoms with van der Waals surface area (Å²) in [7, 11) is -3.83. The molecule has 1 amide bonds. The van der Waals surface area contributed by atoms with Crippen LogP contribution in [-0.2, 0) is 19.6 Å². The van der Waals surface area contributed by atoms with Crippen LogP contribution in [0.25, 0.3) is 0 Å². The normalized spacial score (nSPS) is 10.7. The summed E-state index contributed by atoms with van der Waals surface area (Å²) < 4.78 is 44.4. The molecule has 0 heterocycles. The summed E-state index contributed by atoms with van der Waals surface area (Å²) >= 11 is 0. The second-order valence-corrected chi connectivity index (χ2v) is 7.37. The molecule has 0 spiro atoms. The number of nitrogens with zero attached hydrogens (tertiary/aromatic N) is 1. The van der Waals surface area contributed by atoms with Crippen molar-refractivity contribution in [2.45, 2.75) is 4.90 Å². The molecule has 0 bridgehead atoms. The van der Waals surface area contributed by atoms with Gasteiger partial charge in [-0.15, -0.1) is 6.42 Å². The quantitative estimate of drug-likeness (QED) is 0.276. The molecule has 12 heteroatoms. The lowest BCUT2D eigenvalue weighted by Gasteiger charge is -2.08. The lowest BCUT2D eigenvalue weighted by Crippen LogP contribution is -2.24. The van der Waals surface area contributed by atoms with Gasteiger partial charge in [0.05, 0.1) is 27.6 Å². The molecule has 2 aromatic carbocycles. The number of nitro groups is 1. The molecule has 0 aromatic heterocycles. The first-order chi connectivity index (χ1) is 14.1. The number of nitro benzene ring substituents is 1. The number of amides is 1. The van der Waals surface area contributed by atoms with Crippen LogP contribution >= 0.6 is 0 Å². The van der Waals surface area contributed by atoms with Gasteiger partial charge in [-0.3, -0.25) is 14.9 Å². The van der Waals surface area contributed by atoms with Crippen LogP contribution in [0.3, 0.4) is 0 Å². The Morgan fingerprint density at radius 2 is 1.87 bits per heavy atom. The van der Waals surface area contributed by atoms with Gasteiger partial charge in [-0.2, -0.15) is 4.72 Å². The first-order valence-electron chi connectivity index (χ1n) is 8.08. The second kappa shape index (κ2) is 9.59. The van der Waals surface area contributed by atoms with E-state index in [-0.39, 0.29) is 17.0 Å². The summed E-state index contributed by atoms with van der Waals surface area (Å²) in [6, 6.07) is 7.20. The highest BCUT2D eigenvalue weighted by Gasteiger charge is 2.17. The number of esters is 1. The van der Waals surface area contributed by atoms with Crippen LogP contribution in [0.4, 0.5) is 15.8 Å². The average Bonchev–Trinajstić information content (AvgIpc) is 2.72. The topological polar surface area (TPSA) is 145 Å². The number of anilines is 1. The van der Waals surface area contributed by atoms with Crippen LogP contribution in [0, 0.1) is 28.3 Å². The number of benzene rings is 2. The van der Waals surface area contributed by atoms with Crippen molar-refractivity contribution in [3.63, 3.8) is 0 Å². The highest BCUT2D eigenvalue weighted by Crippen LogP contribution is 2.21. The predicted octanol–water partition coefficient (Wildman–Crippen LogP) is 1.44. The van der Waals surface area contributed by atoms with Gasteiger partial charge < -0.3 is 10.1 Å². The van der Waals surface area contributed by atoms with E-state index >= 15 is 0 Å². The molecular weight excluding hydrogens is 421 g/mol. The van der Waals surface area contributed by atoms with Gasteiger partial charge >= 0.3 is 5.97 Å². The smallest absolute Gasteiger partial charge is 0.338 e. The van der Waals surface area contributed by atoms with Crippen LogP contribution in [0.1, 0.15) is 10.4 Å². The highest BCUT2D eigenvalue weighted by molar-refractivity contribution is 7.89. The van der Waals surface area contributed by atoms with Crippen molar-refractivity contribution in [2.75, 3.05) is 18.5 Å². The molecule has 0 saturated carbocycles. The van der Waals surface area contributed by atoms with E-state index in [2.05, 4.69) is 16.0 Å². The fraction of sp³-hybridized carbons (Fsp3) is 0.111. The van der Waals surface area contributed by atoms with Crippen molar-refractivity contribution in [3.8, 4) is 12.3 Å². The Balaban J connectivity index is 1.97. The lowest BCUT2D eigenvalue weighted by atomic mass is 10.2. The number of ether oxygens (including phenoxy) is 1. The fourth-order valence-electron chi connectivity index (χ4n) is 2.11. The maximum absolute atomic E-state index is 13.7. The summed E-state index contributed by atoms with van der Waals surface area (Å²) in [6.07, 6.45) is 4.99. The van der Waals surface area contributed by atoms with Gasteiger partial charge in [0.2, 0.25) is 10.0 Å². The largest absolute Gasteiger partial charge is 0.452 e. The average molecular weight is 435 g/mol. The van der Waals surface area contributed by atoms with Crippen LogP contribution in [0.15, 0.2) is 47.4 Å². The van der Waals surface area contributed by atoms with Crippen LogP contribution in [0.5, 0.6) is 0 Å². The van der Waals surface area contributed by atoms with E-state index in [1.807, 2.05) is 0 Å². The van der Waals surface area contributed by atoms with Crippen molar-refractivity contribution in [2.24, 2.45) is 0 Å². The molecular formula is C18H14FN3O7S.